The van der Waals surface area contributed by atoms with Gasteiger partial charge in [0.25, 0.3) is 0 Å². The van der Waals surface area contributed by atoms with Crippen molar-refractivity contribution in [1.82, 2.24) is 9.97 Å². The summed E-state index contributed by atoms with van der Waals surface area (Å²) in [4.78, 5) is 11.1. The Labute approximate surface area is 115 Å². The first-order chi connectivity index (χ1) is 9.24. The van der Waals surface area contributed by atoms with E-state index >= 15 is 0 Å². The number of hydrogen-bond donors (Lipinski definition) is 1. The SMILES string of the molecule is CCCOc1ccnc(N2CCC(C)C(CN)C2)n1. The van der Waals surface area contributed by atoms with Gasteiger partial charge in [-0.2, -0.15) is 4.98 Å². The van der Waals surface area contributed by atoms with Crippen molar-refractivity contribution >= 4 is 5.95 Å². The van der Waals surface area contributed by atoms with E-state index in [-0.39, 0.29) is 0 Å². The van der Waals surface area contributed by atoms with Crippen LogP contribution in [0.15, 0.2) is 12.3 Å². The van der Waals surface area contributed by atoms with E-state index in [1.807, 2.05) is 6.07 Å². The Kier molecular flexibility index (Phi) is 4.96. The topological polar surface area (TPSA) is 64.3 Å². The Morgan fingerprint density at radius 2 is 2.37 bits per heavy atom. The summed E-state index contributed by atoms with van der Waals surface area (Å²) in [6.07, 6.45) is 3.89. The highest BCUT2D eigenvalue weighted by Crippen LogP contribution is 2.25. The van der Waals surface area contributed by atoms with Crippen LogP contribution in [0.3, 0.4) is 0 Å². The summed E-state index contributed by atoms with van der Waals surface area (Å²) in [6.45, 7) is 7.71. The molecule has 0 amide bonds. The van der Waals surface area contributed by atoms with Gasteiger partial charge in [0.1, 0.15) is 0 Å². The van der Waals surface area contributed by atoms with Crippen LogP contribution in [-0.2, 0) is 0 Å². The number of nitrogens with two attached hydrogens (primary N) is 1. The van der Waals surface area contributed by atoms with E-state index in [4.69, 9.17) is 10.5 Å². The number of aromatic nitrogens is 2. The van der Waals surface area contributed by atoms with Crippen molar-refractivity contribution in [2.45, 2.75) is 26.7 Å². The van der Waals surface area contributed by atoms with Gasteiger partial charge in [-0.1, -0.05) is 13.8 Å². The van der Waals surface area contributed by atoms with E-state index in [0.29, 0.717) is 24.3 Å². The van der Waals surface area contributed by atoms with Gasteiger partial charge in [-0.25, -0.2) is 4.98 Å². The third-order valence-corrected chi connectivity index (χ3v) is 3.77. The van der Waals surface area contributed by atoms with Crippen LogP contribution in [0.4, 0.5) is 5.95 Å². The Bertz CT molecular complexity index is 399. The third-order valence-electron chi connectivity index (χ3n) is 3.77. The van der Waals surface area contributed by atoms with Crippen LogP contribution in [0, 0.1) is 11.8 Å². The fraction of sp³-hybridized carbons (Fsp3) is 0.714. The van der Waals surface area contributed by atoms with Crippen LogP contribution in [0.25, 0.3) is 0 Å². The Morgan fingerprint density at radius 1 is 1.53 bits per heavy atom. The van der Waals surface area contributed by atoms with E-state index in [0.717, 1.165) is 38.4 Å². The number of hydrogen-bond acceptors (Lipinski definition) is 5. The minimum absolute atomic E-state index is 0.526. The molecule has 1 aromatic heterocycles. The molecule has 19 heavy (non-hydrogen) atoms. The van der Waals surface area contributed by atoms with Gasteiger partial charge in [0.2, 0.25) is 11.8 Å². The molecule has 2 unspecified atom stereocenters. The first-order valence-corrected chi connectivity index (χ1v) is 7.15. The first kappa shape index (κ1) is 14.1. The van der Waals surface area contributed by atoms with Crippen molar-refractivity contribution in [3.63, 3.8) is 0 Å². The Morgan fingerprint density at radius 3 is 3.11 bits per heavy atom. The van der Waals surface area contributed by atoms with E-state index in [2.05, 4.69) is 28.7 Å². The van der Waals surface area contributed by atoms with Gasteiger partial charge in [-0.3, -0.25) is 0 Å². The molecule has 2 N–H and O–H groups in total. The van der Waals surface area contributed by atoms with Gasteiger partial charge >= 0.3 is 0 Å². The monoisotopic (exact) mass is 264 g/mol. The minimum atomic E-state index is 0.526. The quantitative estimate of drug-likeness (QED) is 0.876. The molecule has 106 valence electrons. The third kappa shape index (κ3) is 3.56. The highest BCUT2D eigenvalue weighted by Gasteiger charge is 2.26. The summed E-state index contributed by atoms with van der Waals surface area (Å²) in [7, 11) is 0. The standard InChI is InChI=1S/C14H24N4O/c1-3-8-19-13-4-6-16-14(17-13)18-7-5-11(2)12(9-15)10-18/h4,6,11-12H,3,5,7-10,15H2,1-2H3. The molecule has 2 heterocycles. The molecular weight excluding hydrogens is 240 g/mol. The molecule has 1 aliphatic heterocycles. The zero-order valence-corrected chi connectivity index (χ0v) is 11.9. The molecule has 2 rings (SSSR count). The van der Waals surface area contributed by atoms with E-state index < -0.39 is 0 Å². The van der Waals surface area contributed by atoms with Crippen LogP contribution < -0.4 is 15.4 Å². The summed E-state index contributed by atoms with van der Waals surface area (Å²) < 4.78 is 5.56. The van der Waals surface area contributed by atoms with Gasteiger partial charge in [-0.05, 0) is 31.2 Å². The fourth-order valence-electron chi connectivity index (χ4n) is 2.41. The molecule has 0 saturated carbocycles. The molecule has 1 aromatic rings. The maximum absolute atomic E-state index is 5.84. The predicted octanol–water partition coefficient (Wildman–Crippen LogP) is 1.69. The fourth-order valence-corrected chi connectivity index (χ4v) is 2.41. The lowest BCUT2D eigenvalue weighted by Crippen LogP contribution is -2.43. The molecule has 0 aliphatic carbocycles. The number of ether oxygens (including phenoxy) is 1. The molecule has 0 spiro atoms. The molecule has 5 heteroatoms. The molecule has 2 atom stereocenters. The maximum atomic E-state index is 5.84. The van der Waals surface area contributed by atoms with Crippen molar-refractivity contribution in [3.8, 4) is 5.88 Å². The zero-order chi connectivity index (χ0) is 13.7. The van der Waals surface area contributed by atoms with Gasteiger partial charge in [-0.15, -0.1) is 0 Å². The average Bonchev–Trinajstić information content (AvgIpc) is 2.46. The van der Waals surface area contributed by atoms with Crippen LogP contribution in [0.5, 0.6) is 5.88 Å². The lowest BCUT2D eigenvalue weighted by molar-refractivity contribution is 0.296. The van der Waals surface area contributed by atoms with Crippen molar-refractivity contribution in [1.29, 1.82) is 0 Å². The highest BCUT2D eigenvalue weighted by molar-refractivity contribution is 5.32. The second-order valence-corrected chi connectivity index (χ2v) is 5.25. The van der Waals surface area contributed by atoms with Gasteiger partial charge in [0, 0.05) is 25.4 Å². The maximum Gasteiger partial charge on any atom is 0.228 e. The zero-order valence-electron chi connectivity index (χ0n) is 11.9. The summed E-state index contributed by atoms with van der Waals surface area (Å²) in [5, 5.41) is 0. The van der Waals surface area contributed by atoms with Gasteiger partial charge in [0.15, 0.2) is 0 Å². The van der Waals surface area contributed by atoms with Crippen molar-refractivity contribution < 1.29 is 4.74 Å². The highest BCUT2D eigenvalue weighted by atomic mass is 16.5. The summed E-state index contributed by atoms with van der Waals surface area (Å²) in [5.41, 5.74) is 5.84. The second kappa shape index (κ2) is 6.70. The molecule has 0 bridgehead atoms. The van der Waals surface area contributed by atoms with Gasteiger partial charge in [0.05, 0.1) is 6.61 Å². The van der Waals surface area contributed by atoms with Crippen LogP contribution >= 0.6 is 0 Å². The van der Waals surface area contributed by atoms with Crippen LogP contribution in [0.1, 0.15) is 26.7 Å². The van der Waals surface area contributed by atoms with E-state index in [1.54, 1.807) is 6.20 Å². The molecule has 1 fully saturated rings. The van der Waals surface area contributed by atoms with Crippen molar-refractivity contribution in [3.05, 3.63) is 12.3 Å². The van der Waals surface area contributed by atoms with Crippen molar-refractivity contribution in [2.24, 2.45) is 17.6 Å². The largest absolute Gasteiger partial charge is 0.478 e. The number of rotatable bonds is 5. The smallest absolute Gasteiger partial charge is 0.228 e. The molecule has 5 nitrogen and oxygen atoms in total. The molecule has 0 aromatic carbocycles. The average molecular weight is 264 g/mol. The lowest BCUT2D eigenvalue weighted by Gasteiger charge is -2.36. The number of piperidine rings is 1. The predicted molar refractivity (Wildman–Crippen MR) is 76.4 cm³/mol. The normalized spacial score (nSPS) is 23.4. The van der Waals surface area contributed by atoms with E-state index in [1.165, 1.54) is 0 Å². The number of nitrogens with zero attached hydrogens (tertiary/aromatic N) is 3. The first-order valence-electron chi connectivity index (χ1n) is 7.15. The minimum Gasteiger partial charge on any atom is -0.478 e. The van der Waals surface area contributed by atoms with Crippen LogP contribution in [0.2, 0.25) is 0 Å². The molecule has 0 radical (unpaired) electrons. The lowest BCUT2D eigenvalue weighted by atomic mass is 9.87. The Hall–Kier alpha value is -1.36. The molecule has 1 saturated heterocycles. The Balaban J connectivity index is 2.04. The number of anilines is 1. The van der Waals surface area contributed by atoms with E-state index in [9.17, 15) is 0 Å². The summed E-state index contributed by atoms with van der Waals surface area (Å²) in [5.74, 6) is 2.63. The second-order valence-electron chi connectivity index (χ2n) is 5.25. The van der Waals surface area contributed by atoms with Gasteiger partial charge < -0.3 is 15.4 Å². The van der Waals surface area contributed by atoms with Crippen molar-refractivity contribution in [2.75, 3.05) is 31.1 Å². The molecule has 1 aliphatic rings. The summed E-state index contributed by atoms with van der Waals surface area (Å²) in [6, 6.07) is 1.81. The summed E-state index contributed by atoms with van der Waals surface area (Å²) >= 11 is 0. The van der Waals surface area contributed by atoms with Crippen LogP contribution in [-0.4, -0.2) is 36.2 Å². The molecular formula is C14H24N4O.